The number of aryl methyl sites for hydroxylation is 2. The van der Waals surface area contributed by atoms with E-state index in [1.807, 2.05) is 35.8 Å². The lowest BCUT2D eigenvalue weighted by Crippen LogP contribution is -2.51. The molecule has 1 aromatic carbocycles. The Balaban J connectivity index is 1.77. The first-order valence-corrected chi connectivity index (χ1v) is 12.6. The monoisotopic (exact) mass is 478 g/mol. The van der Waals surface area contributed by atoms with Gasteiger partial charge in [-0.25, -0.2) is 0 Å². The highest BCUT2D eigenvalue weighted by atomic mass is 35.5. The molecule has 6 nitrogen and oxygen atoms in total. The van der Waals surface area contributed by atoms with Crippen LogP contribution in [0.15, 0.2) is 12.1 Å². The molecule has 0 spiro atoms. The Morgan fingerprint density at radius 2 is 1.76 bits per heavy atom. The summed E-state index contributed by atoms with van der Waals surface area (Å²) in [5.41, 5.74) is 1.49. The molecule has 1 atom stereocenters. The Hall–Kier alpha value is -1.79. The number of carbonyl (C=O) groups is 2. The third kappa shape index (κ3) is 6.86. The van der Waals surface area contributed by atoms with E-state index < -0.39 is 5.41 Å². The molecule has 2 aliphatic heterocycles. The van der Waals surface area contributed by atoms with Crippen molar-refractivity contribution in [2.75, 3.05) is 32.8 Å². The number of likely N-dealkylation sites (tertiary alicyclic amines) is 2. The molecule has 0 radical (unpaired) electrons. The topological polar surface area (TPSA) is 70.1 Å². The van der Waals surface area contributed by atoms with Crippen LogP contribution in [-0.4, -0.2) is 65.6 Å². The van der Waals surface area contributed by atoms with Gasteiger partial charge in [-0.05, 0) is 68.7 Å². The van der Waals surface area contributed by atoms with Gasteiger partial charge in [0.15, 0.2) is 0 Å². The highest BCUT2D eigenvalue weighted by molar-refractivity contribution is 6.32. The van der Waals surface area contributed by atoms with Crippen LogP contribution in [0, 0.1) is 25.2 Å². The van der Waals surface area contributed by atoms with Crippen LogP contribution in [0.1, 0.15) is 63.5 Å². The maximum absolute atomic E-state index is 13.3. The Bertz CT molecular complexity index is 828. The summed E-state index contributed by atoms with van der Waals surface area (Å²) < 4.78 is 6.27. The molecular weight excluding hydrogens is 440 g/mol. The van der Waals surface area contributed by atoms with Crippen molar-refractivity contribution in [1.29, 1.82) is 0 Å². The normalized spacial score (nSPS) is 22.0. The van der Waals surface area contributed by atoms with E-state index in [1.54, 1.807) is 0 Å². The van der Waals surface area contributed by atoms with Crippen molar-refractivity contribution < 1.29 is 19.4 Å². The SMILES string of the molecule is Cc1cc(OCC2(CC(=O)N3CCC(O)CC3)CCCN(C(=O)CC(C)C)C2)cc(C)c1Cl. The first-order valence-electron chi connectivity index (χ1n) is 12.2. The summed E-state index contributed by atoms with van der Waals surface area (Å²) >= 11 is 6.32. The summed E-state index contributed by atoms with van der Waals surface area (Å²) in [5.74, 6) is 1.28. The number of benzene rings is 1. The first kappa shape index (κ1) is 25.8. The van der Waals surface area contributed by atoms with Crippen LogP contribution < -0.4 is 4.74 Å². The van der Waals surface area contributed by atoms with Gasteiger partial charge in [-0.15, -0.1) is 0 Å². The fourth-order valence-electron chi connectivity index (χ4n) is 4.99. The maximum Gasteiger partial charge on any atom is 0.223 e. The fraction of sp³-hybridized carbons (Fsp3) is 0.692. The minimum atomic E-state index is -0.431. The van der Waals surface area contributed by atoms with Gasteiger partial charge < -0.3 is 19.6 Å². The van der Waals surface area contributed by atoms with Gasteiger partial charge in [-0.1, -0.05) is 25.4 Å². The van der Waals surface area contributed by atoms with Crippen molar-refractivity contribution in [3.8, 4) is 5.75 Å². The summed E-state index contributed by atoms with van der Waals surface area (Å²) in [6.07, 6.45) is 3.49. The van der Waals surface area contributed by atoms with Gasteiger partial charge in [0.2, 0.25) is 11.8 Å². The number of amides is 2. The van der Waals surface area contributed by atoms with Gasteiger partial charge >= 0.3 is 0 Å². The van der Waals surface area contributed by atoms with E-state index in [4.69, 9.17) is 16.3 Å². The number of ether oxygens (including phenoxy) is 1. The molecule has 2 fully saturated rings. The predicted molar refractivity (Wildman–Crippen MR) is 131 cm³/mol. The summed E-state index contributed by atoms with van der Waals surface area (Å²) in [6.45, 7) is 10.8. The maximum atomic E-state index is 13.3. The van der Waals surface area contributed by atoms with Crippen molar-refractivity contribution >= 4 is 23.4 Å². The Labute approximate surface area is 203 Å². The second-order valence-electron chi connectivity index (χ2n) is 10.5. The first-order chi connectivity index (χ1) is 15.6. The number of piperidine rings is 2. The van der Waals surface area contributed by atoms with Gasteiger partial charge in [-0.2, -0.15) is 0 Å². The van der Waals surface area contributed by atoms with Crippen molar-refractivity contribution in [2.45, 2.75) is 72.3 Å². The molecule has 0 saturated carbocycles. The number of halogens is 1. The number of nitrogens with zero attached hydrogens (tertiary/aromatic N) is 2. The predicted octanol–water partition coefficient (Wildman–Crippen LogP) is 4.36. The fourth-order valence-corrected chi connectivity index (χ4v) is 5.10. The van der Waals surface area contributed by atoms with Gasteiger partial charge in [0.05, 0.1) is 12.7 Å². The van der Waals surface area contributed by atoms with E-state index >= 15 is 0 Å². The third-order valence-corrected chi connectivity index (χ3v) is 7.49. The molecule has 0 aliphatic carbocycles. The number of aliphatic hydroxyl groups excluding tert-OH is 1. The number of hydrogen-bond donors (Lipinski definition) is 1. The quantitative estimate of drug-likeness (QED) is 0.632. The van der Waals surface area contributed by atoms with Gasteiger partial charge in [0.25, 0.3) is 0 Å². The summed E-state index contributed by atoms with van der Waals surface area (Å²) in [4.78, 5) is 29.9. The van der Waals surface area contributed by atoms with Crippen LogP contribution in [0.4, 0.5) is 0 Å². The van der Waals surface area contributed by atoms with Crippen LogP contribution in [-0.2, 0) is 9.59 Å². The largest absolute Gasteiger partial charge is 0.493 e. The van der Waals surface area contributed by atoms with Crippen molar-refractivity contribution in [3.05, 3.63) is 28.3 Å². The average Bonchev–Trinajstić information content (AvgIpc) is 2.76. The Kier molecular flexibility index (Phi) is 8.68. The van der Waals surface area contributed by atoms with E-state index in [-0.39, 0.29) is 17.9 Å². The van der Waals surface area contributed by atoms with E-state index in [2.05, 4.69) is 13.8 Å². The molecule has 1 unspecified atom stereocenters. The zero-order valence-corrected chi connectivity index (χ0v) is 21.3. The van der Waals surface area contributed by atoms with Crippen molar-refractivity contribution in [2.24, 2.45) is 11.3 Å². The van der Waals surface area contributed by atoms with Crippen LogP contribution in [0.3, 0.4) is 0 Å². The van der Waals surface area contributed by atoms with E-state index in [1.165, 1.54) is 0 Å². The molecule has 1 N–H and O–H groups in total. The molecule has 2 saturated heterocycles. The smallest absolute Gasteiger partial charge is 0.223 e. The zero-order chi connectivity index (χ0) is 24.2. The van der Waals surface area contributed by atoms with E-state index in [0.29, 0.717) is 57.8 Å². The van der Waals surface area contributed by atoms with Crippen molar-refractivity contribution in [1.82, 2.24) is 9.80 Å². The molecule has 0 bridgehead atoms. The van der Waals surface area contributed by atoms with Gasteiger partial charge in [0, 0.05) is 49.5 Å². The molecule has 2 amide bonds. The van der Waals surface area contributed by atoms with Crippen LogP contribution in [0.2, 0.25) is 5.02 Å². The molecule has 184 valence electrons. The molecule has 2 heterocycles. The molecule has 7 heteroatoms. The number of hydrogen-bond acceptors (Lipinski definition) is 4. The molecular formula is C26H39ClN2O4. The Morgan fingerprint density at radius 3 is 2.36 bits per heavy atom. The second kappa shape index (κ2) is 11.1. The lowest BCUT2D eigenvalue weighted by molar-refractivity contribution is -0.143. The molecule has 2 aliphatic rings. The second-order valence-corrected chi connectivity index (χ2v) is 10.8. The lowest BCUT2D eigenvalue weighted by Gasteiger charge is -2.43. The Morgan fingerprint density at radius 1 is 1.12 bits per heavy atom. The molecule has 3 rings (SSSR count). The van der Waals surface area contributed by atoms with Gasteiger partial charge in [0.1, 0.15) is 5.75 Å². The summed E-state index contributed by atoms with van der Waals surface area (Å²) in [7, 11) is 0. The van der Waals surface area contributed by atoms with E-state index in [0.717, 1.165) is 41.3 Å². The van der Waals surface area contributed by atoms with Crippen LogP contribution in [0.25, 0.3) is 0 Å². The minimum Gasteiger partial charge on any atom is -0.493 e. The summed E-state index contributed by atoms with van der Waals surface area (Å²) in [6, 6.07) is 3.86. The van der Waals surface area contributed by atoms with Crippen molar-refractivity contribution in [3.63, 3.8) is 0 Å². The zero-order valence-electron chi connectivity index (χ0n) is 20.5. The lowest BCUT2D eigenvalue weighted by atomic mass is 9.77. The third-order valence-electron chi connectivity index (χ3n) is 6.90. The van der Waals surface area contributed by atoms with Crippen LogP contribution >= 0.6 is 11.6 Å². The average molecular weight is 479 g/mol. The molecule has 33 heavy (non-hydrogen) atoms. The number of rotatable bonds is 7. The minimum absolute atomic E-state index is 0.0899. The summed E-state index contributed by atoms with van der Waals surface area (Å²) in [5, 5.41) is 10.6. The van der Waals surface area contributed by atoms with Crippen LogP contribution in [0.5, 0.6) is 5.75 Å². The molecule has 1 aromatic rings. The highest BCUT2D eigenvalue weighted by Crippen LogP contribution is 2.37. The molecule has 0 aromatic heterocycles. The van der Waals surface area contributed by atoms with Gasteiger partial charge in [-0.3, -0.25) is 9.59 Å². The number of carbonyl (C=O) groups excluding carboxylic acids is 2. The number of aliphatic hydroxyl groups is 1. The van der Waals surface area contributed by atoms with E-state index in [9.17, 15) is 14.7 Å². The standard InChI is InChI=1S/C26H39ClN2O4/c1-18(2)12-23(31)29-9-5-8-26(16-29,15-24(32)28-10-6-21(30)7-11-28)17-33-22-13-19(3)25(27)20(4)14-22/h13-14,18,21,30H,5-12,15-17H2,1-4H3. The highest BCUT2D eigenvalue weighted by Gasteiger charge is 2.41.